The zero-order valence-corrected chi connectivity index (χ0v) is 16.5. The van der Waals surface area contributed by atoms with Crippen molar-refractivity contribution in [2.24, 2.45) is 0 Å². The van der Waals surface area contributed by atoms with Gasteiger partial charge in [0.2, 0.25) is 0 Å². The Balaban J connectivity index is 3.04. The molecule has 0 unspecified atom stereocenters. The number of alkyl halides is 1. The van der Waals surface area contributed by atoms with Gasteiger partial charge < -0.3 is 0 Å². The molecule has 0 aromatic carbocycles. The van der Waals surface area contributed by atoms with Crippen LogP contribution < -0.4 is 0 Å². The number of rotatable bonds is 19. The summed E-state index contributed by atoms with van der Waals surface area (Å²) in [5.41, 5.74) is 0. The van der Waals surface area contributed by atoms with E-state index in [0.29, 0.717) is 18.1 Å². The molecule has 1 nitrogen and oxygen atoms in total. The first kappa shape index (κ1) is 23.0. The van der Waals surface area contributed by atoms with Crippen molar-refractivity contribution >= 4 is 17.4 Å². The summed E-state index contributed by atoms with van der Waals surface area (Å²) in [5, 5.41) is 0. The van der Waals surface area contributed by atoms with Crippen molar-refractivity contribution in [2.45, 2.75) is 122 Å². The van der Waals surface area contributed by atoms with Crippen LogP contribution in [0.1, 0.15) is 122 Å². The molecule has 0 amide bonds. The van der Waals surface area contributed by atoms with Crippen LogP contribution >= 0.6 is 11.6 Å². The molecule has 0 aliphatic carbocycles. The van der Waals surface area contributed by atoms with E-state index >= 15 is 0 Å². The van der Waals surface area contributed by atoms with Crippen molar-refractivity contribution in [1.29, 1.82) is 0 Å². The lowest BCUT2D eigenvalue weighted by molar-refractivity contribution is -0.119. The average Bonchev–Trinajstić information content (AvgIpc) is 2.56. The molecule has 0 radical (unpaired) electrons. The molecule has 0 aromatic rings. The Morgan fingerprint density at radius 2 is 0.913 bits per heavy atom. The molecule has 0 aliphatic rings. The highest BCUT2D eigenvalue weighted by atomic mass is 35.5. The van der Waals surface area contributed by atoms with Gasteiger partial charge >= 0.3 is 0 Å². The van der Waals surface area contributed by atoms with Gasteiger partial charge in [0.15, 0.2) is 0 Å². The first-order valence-corrected chi connectivity index (χ1v) is 10.9. The monoisotopic (exact) mass is 344 g/mol. The van der Waals surface area contributed by atoms with E-state index in [1.165, 1.54) is 89.9 Å². The van der Waals surface area contributed by atoms with E-state index in [1.807, 2.05) is 0 Å². The molecule has 0 bridgehead atoms. The van der Waals surface area contributed by atoms with Crippen LogP contribution in [0.5, 0.6) is 0 Å². The topological polar surface area (TPSA) is 17.1 Å². The fourth-order valence-electron chi connectivity index (χ4n) is 3.08. The van der Waals surface area contributed by atoms with Gasteiger partial charge in [0, 0.05) is 18.7 Å². The molecular weight excluding hydrogens is 304 g/mol. The number of carbonyl (C=O) groups is 1. The lowest BCUT2D eigenvalue weighted by Crippen LogP contribution is -1.97. The molecule has 0 fully saturated rings. The Morgan fingerprint density at radius 1 is 0.565 bits per heavy atom. The summed E-state index contributed by atoms with van der Waals surface area (Å²) in [7, 11) is 0. The highest BCUT2D eigenvalue weighted by Crippen LogP contribution is 2.14. The average molecular weight is 345 g/mol. The molecule has 0 atom stereocenters. The van der Waals surface area contributed by atoms with Crippen LogP contribution in [0.3, 0.4) is 0 Å². The van der Waals surface area contributed by atoms with Gasteiger partial charge in [-0.25, -0.2) is 0 Å². The maximum absolute atomic E-state index is 11.5. The quantitative estimate of drug-likeness (QED) is 0.172. The molecule has 0 saturated heterocycles. The van der Waals surface area contributed by atoms with Crippen LogP contribution in [0.15, 0.2) is 0 Å². The summed E-state index contributed by atoms with van der Waals surface area (Å²) in [5.74, 6) is 1.02. The second-order valence-electron chi connectivity index (χ2n) is 7.03. The second-order valence-corrected chi connectivity index (χ2v) is 7.41. The van der Waals surface area contributed by atoms with Crippen molar-refractivity contribution in [3.05, 3.63) is 0 Å². The van der Waals surface area contributed by atoms with Crippen molar-refractivity contribution in [3.63, 3.8) is 0 Å². The number of unbranched alkanes of at least 4 members (excludes halogenated alkanes) is 14. The largest absolute Gasteiger partial charge is 0.300 e. The molecule has 0 rings (SSSR count). The number of halogens is 1. The normalized spacial score (nSPS) is 11.0. The summed E-state index contributed by atoms with van der Waals surface area (Å²) in [4.78, 5) is 11.5. The zero-order chi connectivity index (χ0) is 17.0. The molecular formula is C21H41ClO. The molecule has 2 heteroatoms. The predicted octanol–water partition coefficient (Wildman–Crippen LogP) is 7.84. The van der Waals surface area contributed by atoms with Crippen LogP contribution in [0.4, 0.5) is 0 Å². The molecule has 138 valence electrons. The lowest BCUT2D eigenvalue weighted by atomic mass is 10.0. The van der Waals surface area contributed by atoms with Crippen LogP contribution in [0.25, 0.3) is 0 Å². The highest BCUT2D eigenvalue weighted by Gasteiger charge is 2.01. The maximum Gasteiger partial charge on any atom is 0.132 e. The molecule has 0 heterocycles. The van der Waals surface area contributed by atoms with Crippen molar-refractivity contribution < 1.29 is 4.79 Å². The first-order chi connectivity index (χ1) is 11.3. The van der Waals surface area contributed by atoms with E-state index in [9.17, 15) is 4.79 Å². The minimum absolute atomic E-state index is 0.403. The number of hydrogen-bond donors (Lipinski definition) is 0. The number of carbonyl (C=O) groups excluding carboxylic acids is 1. The van der Waals surface area contributed by atoms with Gasteiger partial charge in [-0.2, -0.15) is 0 Å². The fourth-order valence-corrected chi connectivity index (χ4v) is 3.22. The lowest BCUT2D eigenvalue weighted by Gasteiger charge is -2.03. The third-order valence-corrected chi connectivity index (χ3v) is 4.92. The van der Waals surface area contributed by atoms with E-state index in [-0.39, 0.29) is 0 Å². The van der Waals surface area contributed by atoms with Crippen molar-refractivity contribution in [1.82, 2.24) is 0 Å². The van der Waals surface area contributed by atoms with Gasteiger partial charge in [0.05, 0.1) is 0 Å². The molecule has 0 aromatic heterocycles. The first-order valence-electron chi connectivity index (χ1n) is 10.4. The smallest absolute Gasteiger partial charge is 0.132 e. The molecule has 0 N–H and O–H groups in total. The van der Waals surface area contributed by atoms with E-state index in [0.717, 1.165) is 19.3 Å². The van der Waals surface area contributed by atoms with Gasteiger partial charge in [-0.3, -0.25) is 4.79 Å². The SMILES string of the molecule is CCCCCCCCCCCCCCCCCC(=O)CCCCl. The van der Waals surface area contributed by atoms with Gasteiger partial charge in [-0.1, -0.05) is 96.8 Å². The maximum atomic E-state index is 11.5. The Labute approximate surface area is 151 Å². The van der Waals surface area contributed by atoms with E-state index in [1.54, 1.807) is 0 Å². The Kier molecular flexibility index (Phi) is 20.0. The summed E-state index contributed by atoms with van der Waals surface area (Å²) < 4.78 is 0. The number of ketones is 1. The zero-order valence-electron chi connectivity index (χ0n) is 15.7. The van der Waals surface area contributed by atoms with Crippen LogP contribution in [-0.4, -0.2) is 11.7 Å². The number of hydrogen-bond acceptors (Lipinski definition) is 1. The summed E-state index contributed by atoms with van der Waals surface area (Å²) >= 11 is 5.59. The molecule has 23 heavy (non-hydrogen) atoms. The standard InChI is InChI=1S/C21H41ClO/c1-2-3-4-5-6-7-8-9-10-11-12-13-14-15-16-18-21(23)19-17-20-22/h2-20H2,1H3. The van der Waals surface area contributed by atoms with Crippen molar-refractivity contribution in [2.75, 3.05) is 5.88 Å². The number of Topliss-reactive ketones (excluding diaryl/α,β-unsaturated/α-hetero) is 1. The van der Waals surface area contributed by atoms with E-state index in [2.05, 4.69) is 6.92 Å². The van der Waals surface area contributed by atoms with Crippen LogP contribution in [0.2, 0.25) is 0 Å². The fraction of sp³-hybridized carbons (Fsp3) is 0.952. The molecule has 0 aliphatic heterocycles. The molecule has 0 saturated carbocycles. The van der Waals surface area contributed by atoms with E-state index < -0.39 is 0 Å². The van der Waals surface area contributed by atoms with Crippen LogP contribution in [0, 0.1) is 0 Å². The minimum atomic E-state index is 0.403. The van der Waals surface area contributed by atoms with Gasteiger partial charge in [-0.05, 0) is 12.8 Å². The Bertz CT molecular complexity index is 240. The Hall–Kier alpha value is -0.0400. The van der Waals surface area contributed by atoms with Crippen molar-refractivity contribution in [3.8, 4) is 0 Å². The van der Waals surface area contributed by atoms with E-state index in [4.69, 9.17) is 11.6 Å². The molecule has 0 spiro atoms. The van der Waals surface area contributed by atoms with Crippen LogP contribution in [-0.2, 0) is 4.79 Å². The summed E-state index contributed by atoms with van der Waals surface area (Å²) in [6.07, 6.45) is 22.9. The third kappa shape index (κ3) is 19.9. The summed E-state index contributed by atoms with van der Waals surface area (Å²) in [6.45, 7) is 2.28. The Morgan fingerprint density at radius 3 is 1.30 bits per heavy atom. The minimum Gasteiger partial charge on any atom is -0.300 e. The van der Waals surface area contributed by atoms with Gasteiger partial charge in [0.25, 0.3) is 0 Å². The second kappa shape index (κ2) is 20.0. The predicted molar refractivity (Wildman–Crippen MR) is 105 cm³/mol. The third-order valence-electron chi connectivity index (χ3n) is 4.65. The summed E-state index contributed by atoms with van der Waals surface area (Å²) in [6, 6.07) is 0. The highest BCUT2D eigenvalue weighted by molar-refractivity contribution is 6.17. The van der Waals surface area contributed by atoms with Gasteiger partial charge in [-0.15, -0.1) is 11.6 Å². The van der Waals surface area contributed by atoms with Gasteiger partial charge in [0.1, 0.15) is 5.78 Å².